The molecule has 0 aliphatic carbocycles. The SMILES string of the molecule is CCCC(C)OCC(=O)c1cccc([N+](=O)[O-])c1. The standard InChI is InChI=1S/C13H17NO4/c1-3-5-10(2)18-9-13(15)11-6-4-7-12(8-11)14(16)17/h4,6-8,10H,3,5,9H2,1-2H3. The largest absolute Gasteiger partial charge is 0.370 e. The van der Waals surface area contributed by atoms with E-state index in [-0.39, 0.29) is 24.2 Å². The molecule has 1 aromatic carbocycles. The molecule has 0 N–H and O–H groups in total. The highest BCUT2D eigenvalue weighted by atomic mass is 16.6. The van der Waals surface area contributed by atoms with Gasteiger partial charge in [-0.05, 0) is 13.3 Å². The summed E-state index contributed by atoms with van der Waals surface area (Å²) in [5.74, 6) is -0.235. The van der Waals surface area contributed by atoms with Gasteiger partial charge < -0.3 is 4.74 Å². The molecule has 5 heteroatoms. The Morgan fingerprint density at radius 2 is 2.22 bits per heavy atom. The van der Waals surface area contributed by atoms with Crippen LogP contribution >= 0.6 is 0 Å². The van der Waals surface area contributed by atoms with Crippen LogP contribution in [0.2, 0.25) is 0 Å². The number of carbonyl (C=O) groups excluding carboxylic acids is 1. The van der Waals surface area contributed by atoms with Gasteiger partial charge in [-0.2, -0.15) is 0 Å². The van der Waals surface area contributed by atoms with E-state index >= 15 is 0 Å². The number of ether oxygens (including phenoxy) is 1. The maximum absolute atomic E-state index is 11.8. The highest BCUT2D eigenvalue weighted by Crippen LogP contribution is 2.14. The van der Waals surface area contributed by atoms with Crippen molar-refractivity contribution in [3.8, 4) is 0 Å². The number of ketones is 1. The van der Waals surface area contributed by atoms with E-state index in [1.807, 2.05) is 13.8 Å². The minimum atomic E-state index is -0.517. The molecular weight excluding hydrogens is 234 g/mol. The Bertz CT molecular complexity index is 431. The molecule has 5 nitrogen and oxygen atoms in total. The van der Waals surface area contributed by atoms with Crippen LogP contribution in [0.4, 0.5) is 5.69 Å². The van der Waals surface area contributed by atoms with Crippen molar-refractivity contribution in [2.24, 2.45) is 0 Å². The molecule has 0 aliphatic heterocycles. The molecule has 1 rings (SSSR count). The van der Waals surface area contributed by atoms with Crippen molar-refractivity contribution in [2.45, 2.75) is 32.8 Å². The number of benzene rings is 1. The first-order valence-corrected chi connectivity index (χ1v) is 5.93. The van der Waals surface area contributed by atoms with Gasteiger partial charge in [-0.15, -0.1) is 0 Å². The van der Waals surface area contributed by atoms with Crippen LogP contribution in [-0.4, -0.2) is 23.4 Å². The number of nitro benzene ring substituents is 1. The predicted molar refractivity (Wildman–Crippen MR) is 67.7 cm³/mol. The molecule has 0 saturated carbocycles. The van der Waals surface area contributed by atoms with Gasteiger partial charge in [0.15, 0.2) is 5.78 Å². The summed E-state index contributed by atoms with van der Waals surface area (Å²) in [5.41, 5.74) is 0.232. The molecule has 18 heavy (non-hydrogen) atoms. The van der Waals surface area contributed by atoms with Crippen molar-refractivity contribution in [1.82, 2.24) is 0 Å². The zero-order valence-corrected chi connectivity index (χ0v) is 10.6. The Labute approximate surface area is 106 Å². The van der Waals surface area contributed by atoms with E-state index in [4.69, 9.17) is 4.74 Å². The Morgan fingerprint density at radius 1 is 1.50 bits per heavy atom. The number of rotatable bonds is 7. The van der Waals surface area contributed by atoms with Gasteiger partial charge in [-0.3, -0.25) is 14.9 Å². The van der Waals surface area contributed by atoms with E-state index < -0.39 is 4.92 Å². The third-order valence-electron chi connectivity index (χ3n) is 2.57. The van der Waals surface area contributed by atoms with E-state index in [2.05, 4.69) is 0 Å². The van der Waals surface area contributed by atoms with Gasteiger partial charge in [0, 0.05) is 17.7 Å². The van der Waals surface area contributed by atoms with Crippen molar-refractivity contribution in [3.05, 3.63) is 39.9 Å². The third-order valence-corrected chi connectivity index (χ3v) is 2.57. The third kappa shape index (κ3) is 4.25. The van der Waals surface area contributed by atoms with Crippen LogP contribution in [0.5, 0.6) is 0 Å². The van der Waals surface area contributed by atoms with Crippen LogP contribution in [-0.2, 0) is 4.74 Å². The summed E-state index contributed by atoms with van der Waals surface area (Å²) >= 11 is 0. The van der Waals surface area contributed by atoms with E-state index in [1.54, 1.807) is 6.07 Å². The molecule has 1 aromatic rings. The lowest BCUT2D eigenvalue weighted by molar-refractivity contribution is -0.384. The van der Waals surface area contributed by atoms with Gasteiger partial charge >= 0.3 is 0 Å². The highest BCUT2D eigenvalue weighted by Gasteiger charge is 2.12. The second-order valence-corrected chi connectivity index (χ2v) is 4.14. The fourth-order valence-electron chi connectivity index (χ4n) is 1.58. The minimum Gasteiger partial charge on any atom is -0.370 e. The average Bonchev–Trinajstić information content (AvgIpc) is 2.36. The van der Waals surface area contributed by atoms with Gasteiger partial charge in [0.05, 0.1) is 11.0 Å². The van der Waals surface area contributed by atoms with Crippen molar-refractivity contribution < 1.29 is 14.5 Å². The Balaban J connectivity index is 2.61. The first-order valence-electron chi connectivity index (χ1n) is 5.93. The lowest BCUT2D eigenvalue weighted by Gasteiger charge is -2.10. The molecule has 0 spiro atoms. The predicted octanol–water partition coefficient (Wildman–Crippen LogP) is 2.98. The molecule has 0 heterocycles. The van der Waals surface area contributed by atoms with Gasteiger partial charge in [-0.25, -0.2) is 0 Å². The second-order valence-electron chi connectivity index (χ2n) is 4.14. The summed E-state index contributed by atoms with van der Waals surface area (Å²) < 4.78 is 5.38. The van der Waals surface area contributed by atoms with E-state index in [0.717, 1.165) is 12.8 Å². The van der Waals surface area contributed by atoms with Crippen molar-refractivity contribution in [1.29, 1.82) is 0 Å². The molecule has 0 saturated heterocycles. The van der Waals surface area contributed by atoms with E-state index in [0.29, 0.717) is 5.56 Å². The molecule has 1 atom stereocenters. The molecule has 0 bridgehead atoms. The van der Waals surface area contributed by atoms with Gasteiger partial charge in [0.25, 0.3) is 5.69 Å². The van der Waals surface area contributed by atoms with Crippen LogP contribution in [0.25, 0.3) is 0 Å². The zero-order valence-electron chi connectivity index (χ0n) is 10.6. The first kappa shape index (κ1) is 14.3. The summed E-state index contributed by atoms with van der Waals surface area (Å²) in [7, 11) is 0. The summed E-state index contributed by atoms with van der Waals surface area (Å²) in [4.78, 5) is 21.9. The Kier molecular flexibility index (Phi) is 5.45. The molecule has 1 unspecified atom stereocenters. The first-order chi connectivity index (χ1) is 8.54. The van der Waals surface area contributed by atoms with Crippen molar-refractivity contribution in [3.63, 3.8) is 0 Å². The van der Waals surface area contributed by atoms with Crippen LogP contribution in [0.3, 0.4) is 0 Å². The van der Waals surface area contributed by atoms with E-state index in [1.165, 1.54) is 18.2 Å². The van der Waals surface area contributed by atoms with Crippen LogP contribution in [0.1, 0.15) is 37.0 Å². The Hall–Kier alpha value is -1.75. The average molecular weight is 251 g/mol. The molecule has 98 valence electrons. The number of hydrogen-bond acceptors (Lipinski definition) is 4. The quantitative estimate of drug-likeness (QED) is 0.424. The Morgan fingerprint density at radius 3 is 2.83 bits per heavy atom. The molecule has 0 amide bonds. The zero-order chi connectivity index (χ0) is 13.5. The maximum atomic E-state index is 11.8. The van der Waals surface area contributed by atoms with Gasteiger partial charge in [0.2, 0.25) is 0 Å². The topological polar surface area (TPSA) is 69.4 Å². The normalized spacial score (nSPS) is 12.1. The monoisotopic (exact) mass is 251 g/mol. The lowest BCUT2D eigenvalue weighted by Crippen LogP contribution is -2.15. The second kappa shape index (κ2) is 6.86. The van der Waals surface area contributed by atoms with Crippen molar-refractivity contribution in [2.75, 3.05) is 6.61 Å². The van der Waals surface area contributed by atoms with Crippen LogP contribution < -0.4 is 0 Å². The number of non-ortho nitro benzene ring substituents is 1. The number of nitrogens with zero attached hydrogens (tertiary/aromatic N) is 1. The molecule has 0 radical (unpaired) electrons. The number of hydrogen-bond donors (Lipinski definition) is 0. The number of Topliss-reactive ketones (excluding diaryl/α,β-unsaturated/α-hetero) is 1. The fraction of sp³-hybridized carbons (Fsp3) is 0.462. The fourth-order valence-corrected chi connectivity index (χ4v) is 1.58. The molecule has 0 aromatic heterocycles. The van der Waals surface area contributed by atoms with Gasteiger partial charge in [-0.1, -0.05) is 25.5 Å². The maximum Gasteiger partial charge on any atom is 0.270 e. The summed E-state index contributed by atoms with van der Waals surface area (Å²) in [6.45, 7) is 3.91. The highest BCUT2D eigenvalue weighted by molar-refractivity contribution is 5.97. The number of nitro groups is 1. The van der Waals surface area contributed by atoms with E-state index in [9.17, 15) is 14.9 Å². The molecule has 0 fully saturated rings. The summed E-state index contributed by atoms with van der Waals surface area (Å²) in [6, 6.07) is 5.69. The summed E-state index contributed by atoms with van der Waals surface area (Å²) in [5, 5.41) is 10.6. The lowest BCUT2D eigenvalue weighted by atomic mass is 10.1. The smallest absolute Gasteiger partial charge is 0.270 e. The molecular formula is C13H17NO4. The number of carbonyl (C=O) groups is 1. The molecule has 0 aliphatic rings. The van der Waals surface area contributed by atoms with Gasteiger partial charge in [0.1, 0.15) is 6.61 Å². The minimum absolute atomic E-state index is 0.0256. The summed E-state index contributed by atoms with van der Waals surface area (Å²) in [6.07, 6.45) is 1.91. The van der Waals surface area contributed by atoms with Crippen LogP contribution in [0.15, 0.2) is 24.3 Å². The van der Waals surface area contributed by atoms with Crippen molar-refractivity contribution >= 4 is 11.5 Å². The van der Waals surface area contributed by atoms with Crippen LogP contribution in [0, 0.1) is 10.1 Å².